The van der Waals surface area contributed by atoms with Gasteiger partial charge in [0.25, 0.3) is 0 Å². The summed E-state index contributed by atoms with van der Waals surface area (Å²) in [5.74, 6) is 1.40. The minimum Gasteiger partial charge on any atom is -0.298 e. The van der Waals surface area contributed by atoms with Gasteiger partial charge in [0.2, 0.25) is 0 Å². The van der Waals surface area contributed by atoms with Gasteiger partial charge < -0.3 is 0 Å². The van der Waals surface area contributed by atoms with E-state index in [0.29, 0.717) is 49.4 Å². The van der Waals surface area contributed by atoms with Crippen LogP contribution in [-0.2, 0) is 12.7 Å². The largest absolute Gasteiger partial charge is 0.418 e. The summed E-state index contributed by atoms with van der Waals surface area (Å²) >= 11 is 0. The Bertz CT molecular complexity index is 1290. The van der Waals surface area contributed by atoms with Gasteiger partial charge in [-0.05, 0) is 68.7 Å². The highest BCUT2D eigenvalue weighted by Crippen LogP contribution is 2.47. The Balaban J connectivity index is 1.30. The number of fused-ring (bicyclic) bond motifs is 1. The third kappa shape index (κ3) is 5.12. The molecule has 2 aromatic heterocycles. The van der Waals surface area contributed by atoms with Crippen LogP contribution in [0.3, 0.4) is 0 Å². The van der Waals surface area contributed by atoms with E-state index < -0.39 is 17.4 Å². The number of hydrogen-bond acceptors (Lipinski definition) is 6. The predicted molar refractivity (Wildman–Crippen MR) is 140 cm³/mol. The second-order valence-corrected chi connectivity index (χ2v) is 12.2. The number of halogens is 3. The summed E-state index contributed by atoms with van der Waals surface area (Å²) in [6, 6.07) is 3.32. The van der Waals surface area contributed by atoms with E-state index in [4.69, 9.17) is 0 Å². The zero-order chi connectivity index (χ0) is 27.3. The molecule has 0 radical (unpaired) electrons. The molecule has 2 N–H and O–H groups in total. The van der Waals surface area contributed by atoms with Crippen LogP contribution < -0.4 is 16.5 Å². The van der Waals surface area contributed by atoms with E-state index in [1.807, 2.05) is 4.90 Å². The standard InChI is InChI=1S/C28H38F3N7O/c1-35-17-33-34-26(35)25(20-4-2-5-20)21-6-3-7-22(11-21)37-16-24-23(28(29,30)31)10-19(15-38(24)27(37)39)14-36-9-8-18(12-32)13-36/h10,15-16,18,20-22,25-26,33-34H,2-9,11,13-14,17H2,1H3/t18-,21?,22?,25+,26?/m1/s1. The lowest BCUT2D eigenvalue weighted by Gasteiger charge is -2.46. The fraction of sp³-hybridized carbons (Fsp3) is 0.714. The first-order chi connectivity index (χ1) is 18.7. The Hall–Kier alpha value is -2.39. The predicted octanol–water partition coefficient (Wildman–Crippen LogP) is 3.94. The molecule has 4 aliphatic rings. The number of imidazole rings is 1. The van der Waals surface area contributed by atoms with Gasteiger partial charge in [-0.1, -0.05) is 25.7 Å². The van der Waals surface area contributed by atoms with Crippen LogP contribution in [0, 0.1) is 35.0 Å². The maximum absolute atomic E-state index is 14.2. The van der Waals surface area contributed by atoms with Gasteiger partial charge in [-0.2, -0.15) is 18.4 Å². The molecule has 4 fully saturated rings. The molecule has 0 spiro atoms. The molecular weight excluding hydrogens is 507 g/mol. The lowest BCUT2D eigenvalue weighted by molar-refractivity contribution is -0.136. The normalized spacial score (nSPS) is 30.0. The molecule has 212 valence electrons. The van der Waals surface area contributed by atoms with E-state index in [1.54, 1.807) is 10.8 Å². The third-order valence-electron chi connectivity index (χ3n) is 9.75. The van der Waals surface area contributed by atoms with Gasteiger partial charge in [0.15, 0.2) is 0 Å². The van der Waals surface area contributed by atoms with Crippen molar-refractivity contribution in [1.82, 2.24) is 29.6 Å². The van der Waals surface area contributed by atoms with E-state index in [-0.39, 0.29) is 23.6 Å². The van der Waals surface area contributed by atoms with Crippen LogP contribution in [0.2, 0.25) is 0 Å². The molecule has 5 atom stereocenters. The second-order valence-electron chi connectivity index (χ2n) is 12.2. The van der Waals surface area contributed by atoms with Crippen LogP contribution in [0.5, 0.6) is 0 Å². The minimum atomic E-state index is -4.57. The maximum atomic E-state index is 14.2. The van der Waals surface area contributed by atoms with Crippen LogP contribution in [-0.4, -0.2) is 51.7 Å². The average molecular weight is 546 g/mol. The number of pyridine rings is 1. The summed E-state index contributed by atoms with van der Waals surface area (Å²) in [7, 11) is 2.12. The van der Waals surface area contributed by atoms with Crippen molar-refractivity contribution in [1.29, 1.82) is 5.26 Å². The van der Waals surface area contributed by atoms with Crippen LogP contribution in [0.1, 0.15) is 68.5 Å². The first kappa shape index (κ1) is 26.8. The third-order valence-corrected chi connectivity index (χ3v) is 9.75. The fourth-order valence-electron chi connectivity index (χ4n) is 7.58. The van der Waals surface area contributed by atoms with Crippen molar-refractivity contribution >= 4 is 5.52 Å². The molecule has 6 rings (SSSR count). The van der Waals surface area contributed by atoms with Crippen LogP contribution in [0.25, 0.3) is 5.52 Å². The summed E-state index contributed by atoms with van der Waals surface area (Å²) in [5.41, 5.74) is 5.94. The lowest BCUT2D eigenvalue weighted by Crippen LogP contribution is -2.50. The molecule has 3 unspecified atom stereocenters. The summed E-state index contributed by atoms with van der Waals surface area (Å²) < 4.78 is 45.5. The first-order valence-corrected chi connectivity index (χ1v) is 14.4. The van der Waals surface area contributed by atoms with Gasteiger partial charge in [-0.15, -0.1) is 0 Å². The van der Waals surface area contributed by atoms with Crippen molar-refractivity contribution in [2.45, 2.75) is 76.3 Å². The smallest absolute Gasteiger partial charge is 0.298 e. The van der Waals surface area contributed by atoms with Crippen LogP contribution >= 0.6 is 0 Å². The van der Waals surface area contributed by atoms with Crippen molar-refractivity contribution in [3.8, 4) is 6.07 Å². The van der Waals surface area contributed by atoms with Crippen LogP contribution in [0.4, 0.5) is 13.2 Å². The molecule has 0 aromatic carbocycles. The monoisotopic (exact) mass is 545 g/mol. The molecule has 2 aliphatic heterocycles. The Labute approximate surface area is 226 Å². The highest BCUT2D eigenvalue weighted by atomic mass is 19.4. The van der Waals surface area contributed by atoms with Gasteiger partial charge in [0.05, 0.1) is 35.9 Å². The zero-order valence-corrected chi connectivity index (χ0v) is 22.5. The molecule has 11 heteroatoms. The molecule has 4 heterocycles. The maximum Gasteiger partial charge on any atom is 0.418 e. The van der Waals surface area contributed by atoms with Crippen molar-refractivity contribution < 1.29 is 13.2 Å². The van der Waals surface area contributed by atoms with Crippen molar-refractivity contribution in [2.24, 2.45) is 23.7 Å². The number of likely N-dealkylation sites (tertiary alicyclic amines) is 1. The summed E-state index contributed by atoms with van der Waals surface area (Å²) in [6.45, 7) is 2.28. The van der Waals surface area contributed by atoms with Gasteiger partial charge in [0.1, 0.15) is 0 Å². The molecule has 2 aliphatic carbocycles. The number of aromatic nitrogens is 2. The SMILES string of the molecule is CN1CNNC1[C@@H](C1CCC1)C1CCCC(n2cc3c(C(F)(F)F)cc(CN4CC[C@H](C#N)C4)cn3c2=O)C1. The number of nitrogens with zero attached hydrogens (tertiary/aromatic N) is 5. The molecule has 8 nitrogen and oxygen atoms in total. The first-order valence-electron chi connectivity index (χ1n) is 14.4. The Morgan fingerprint density at radius 1 is 1.13 bits per heavy atom. The van der Waals surface area contributed by atoms with Crippen molar-refractivity contribution in [2.75, 3.05) is 26.8 Å². The van der Waals surface area contributed by atoms with Gasteiger partial charge in [-0.25, -0.2) is 15.6 Å². The summed E-state index contributed by atoms with van der Waals surface area (Å²) in [5, 5.41) is 9.20. The number of nitriles is 1. The average Bonchev–Trinajstić information content (AvgIpc) is 3.60. The van der Waals surface area contributed by atoms with E-state index in [9.17, 15) is 23.2 Å². The molecule has 2 saturated carbocycles. The van der Waals surface area contributed by atoms with E-state index >= 15 is 0 Å². The molecule has 2 saturated heterocycles. The Kier molecular flexibility index (Phi) is 7.25. The van der Waals surface area contributed by atoms with Gasteiger partial charge in [-0.3, -0.25) is 18.8 Å². The van der Waals surface area contributed by atoms with Gasteiger partial charge in [0, 0.05) is 31.5 Å². The van der Waals surface area contributed by atoms with Crippen molar-refractivity contribution in [3.05, 3.63) is 40.1 Å². The lowest BCUT2D eigenvalue weighted by atomic mass is 9.65. The van der Waals surface area contributed by atoms with Gasteiger partial charge >= 0.3 is 11.9 Å². The molecule has 2 aromatic rings. The highest BCUT2D eigenvalue weighted by molar-refractivity contribution is 5.56. The number of hydrogen-bond donors (Lipinski definition) is 2. The summed E-state index contributed by atoms with van der Waals surface area (Å²) in [4.78, 5) is 18.0. The number of nitrogens with one attached hydrogen (secondary N) is 2. The van der Waals surface area contributed by atoms with E-state index in [2.05, 4.69) is 28.9 Å². The fourth-order valence-corrected chi connectivity index (χ4v) is 7.58. The number of hydrazine groups is 1. The molecule has 0 bridgehead atoms. The van der Waals surface area contributed by atoms with Crippen molar-refractivity contribution in [3.63, 3.8) is 0 Å². The quantitative estimate of drug-likeness (QED) is 0.573. The second kappa shape index (κ2) is 10.5. The zero-order valence-electron chi connectivity index (χ0n) is 22.5. The molecule has 39 heavy (non-hydrogen) atoms. The Morgan fingerprint density at radius 2 is 1.90 bits per heavy atom. The Morgan fingerprint density at radius 3 is 2.54 bits per heavy atom. The number of rotatable bonds is 6. The molecule has 0 amide bonds. The minimum absolute atomic E-state index is 0.0772. The van der Waals surface area contributed by atoms with E-state index in [0.717, 1.165) is 32.4 Å². The number of alkyl halides is 3. The molecular formula is C28H38F3N7O. The van der Waals surface area contributed by atoms with E-state index in [1.165, 1.54) is 35.9 Å². The van der Waals surface area contributed by atoms with Crippen LogP contribution in [0.15, 0.2) is 23.3 Å². The topological polar surface area (TPSA) is 80.7 Å². The summed E-state index contributed by atoms with van der Waals surface area (Å²) in [6.07, 6.45) is 6.75. The highest BCUT2D eigenvalue weighted by Gasteiger charge is 2.44.